The third-order valence-corrected chi connectivity index (χ3v) is 6.47. The molecule has 1 saturated heterocycles. The molecular weight excluding hydrogens is 393 g/mol. The first-order chi connectivity index (χ1) is 14.9. The number of pyridine rings is 1. The Bertz CT molecular complexity index is 1190. The van der Waals surface area contributed by atoms with Crippen molar-refractivity contribution in [2.75, 3.05) is 31.6 Å². The number of hydrogen-bond acceptors (Lipinski definition) is 6. The van der Waals surface area contributed by atoms with Crippen molar-refractivity contribution in [2.24, 2.45) is 0 Å². The van der Waals surface area contributed by atoms with E-state index in [9.17, 15) is 5.11 Å². The Morgan fingerprint density at radius 2 is 2.13 bits per heavy atom. The summed E-state index contributed by atoms with van der Waals surface area (Å²) in [6, 6.07) is 7.21. The normalized spacial score (nSPS) is 21.8. The molecule has 4 N–H and O–H groups in total. The van der Waals surface area contributed by atoms with E-state index in [2.05, 4.69) is 20.5 Å². The van der Waals surface area contributed by atoms with Gasteiger partial charge in [0, 0.05) is 66.2 Å². The Morgan fingerprint density at radius 3 is 2.87 bits per heavy atom. The van der Waals surface area contributed by atoms with Gasteiger partial charge in [0.25, 0.3) is 0 Å². The molecule has 0 amide bonds. The van der Waals surface area contributed by atoms with Crippen LogP contribution in [0.15, 0.2) is 53.4 Å². The fourth-order valence-corrected chi connectivity index (χ4v) is 4.47. The number of rotatable bonds is 3. The van der Waals surface area contributed by atoms with E-state index in [0.29, 0.717) is 22.4 Å². The molecule has 5 rings (SSSR count). The topological polar surface area (TPSA) is 84.3 Å². The third kappa shape index (κ3) is 3.39. The number of allylic oxidation sites excluding steroid dienone is 4. The molecule has 1 aromatic carbocycles. The summed E-state index contributed by atoms with van der Waals surface area (Å²) < 4.78 is 15.1. The summed E-state index contributed by atoms with van der Waals surface area (Å²) in [6.45, 7) is 4.37. The lowest BCUT2D eigenvalue weighted by Crippen LogP contribution is -2.52. The van der Waals surface area contributed by atoms with Crippen molar-refractivity contribution in [3.63, 3.8) is 0 Å². The highest BCUT2D eigenvalue weighted by atomic mass is 19.1. The Hall–Kier alpha value is -3.19. The molecular formula is C24H26FN5O. The lowest BCUT2D eigenvalue weighted by molar-refractivity contribution is 0.433. The number of piperazine rings is 1. The van der Waals surface area contributed by atoms with Crippen LogP contribution in [0.3, 0.4) is 0 Å². The number of hydrogen-bond donors (Lipinski definition) is 4. The summed E-state index contributed by atoms with van der Waals surface area (Å²) in [5, 5.41) is 26.1. The second-order valence-electron chi connectivity index (χ2n) is 8.62. The van der Waals surface area contributed by atoms with Crippen LogP contribution in [-0.4, -0.2) is 48.0 Å². The maximum absolute atomic E-state index is 15.1. The maximum atomic E-state index is 15.1. The second kappa shape index (κ2) is 7.20. The lowest BCUT2D eigenvalue weighted by atomic mass is 9.91. The van der Waals surface area contributed by atoms with Gasteiger partial charge in [0.15, 0.2) is 5.82 Å². The Morgan fingerprint density at radius 1 is 1.32 bits per heavy atom. The number of nitrogens with one attached hydrogen (secondary N) is 3. The summed E-state index contributed by atoms with van der Waals surface area (Å²) in [5.74, 6) is -0.370. The highest BCUT2D eigenvalue weighted by Crippen LogP contribution is 2.39. The molecule has 0 unspecified atom stereocenters. The van der Waals surface area contributed by atoms with Gasteiger partial charge in [-0.3, -0.25) is 5.41 Å². The van der Waals surface area contributed by atoms with Crippen molar-refractivity contribution in [1.29, 1.82) is 5.41 Å². The van der Waals surface area contributed by atoms with E-state index in [1.54, 1.807) is 38.4 Å². The predicted molar refractivity (Wildman–Crippen MR) is 122 cm³/mol. The van der Waals surface area contributed by atoms with Gasteiger partial charge >= 0.3 is 0 Å². The van der Waals surface area contributed by atoms with Crippen LogP contribution in [0.1, 0.15) is 25.5 Å². The minimum absolute atomic E-state index is 0.00215. The number of halogens is 1. The molecule has 2 fully saturated rings. The highest BCUT2D eigenvalue weighted by molar-refractivity contribution is 6.17. The Labute approximate surface area is 180 Å². The summed E-state index contributed by atoms with van der Waals surface area (Å²) in [5.41, 5.74) is 3.69. The van der Waals surface area contributed by atoms with Gasteiger partial charge in [-0.15, -0.1) is 0 Å². The van der Waals surface area contributed by atoms with Crippen molar-refractivity contribution in [1.82, 2.24) is 15.6 Å². The first-order valence-corrected chi connectivity index (χ1v) is 10.6. The lowest BCUT2D eigenvalue weighted by Gasteiger charge is -2.35. The van der Waals surface area contributed by atoms with Crippen LogP contribution in [0, 0.1) is 11.2 Å². The molecule has 0 bridgehead atoms. The molecule has 1 spiro atoms. The molecule has 160 valence electrons. The Kier molecular flexibility index (Phi) is 4.59. The van der Waals surface area contributed by atoms with Gasteiger partial charge in [0.2, 0.25) is 0 Å². The van der Waals surface area contributed by atoms with Crippen molar-refractivity contribution in [3.05, 3.63) is 65.0 Å². The van der Waals surface area contributed by atoms with Gasteiger partial charge in [-0.25, -0.2) is 9.37 Å². The van der Waals surface area contributed by atoms with Crippen molar-refractivity contribution < 1.29 is 9.50 Å². The number of benzene rings is 1. The number of nitrogens with zero attached hydrogens (tertiary/aromatic N) is 2. The first-order valence-electron chi connectivity index (χ1n) is 10.6. The SMILES string of the molecule is CN/C=C1/C=C(c2ccc3cc(N4CCNC5(CC5)C4)cc(F)c3n2)C(O)=C(C)C1=N. The quantitative estimate of drug-likeness (QED) is 0.610. The summed E-state index contributed by atoms with van der Waals surface area (Å²) >= 11 is 0. The molecule has 1 aromatic heterocycles. The number of aliphatic hydroxyl groups is 1. The number of fused-ring (bicyclic) bond motifs is 1. The summed E-state index contributed by atoms with van der Waals surface area (Å²) in [4.78, 5) is 6.80. The molecule has 1 aliphatic heterocycles. The van der Waals surface area contributed by atoms with E-state index >= 15 is 4.39 Å². The van der Waals surface area contributed by atoms with Gasteiger partial charge in [0.05, 0.1) is 11.4 Å². The second-order valence-corrected chi connectivity index (χ2v) is 8.62. The van der Waals surface area contributed by atoms with Gasteiger partial charge in [-0.2, -0.15) is 0 Å². The predicted octanol–water partition coefficient (Wildman–Crippen LogP) is 3.67. The van der Waals surface area contributed by atoms with Gasteiger partial charge in [0.1, 0.15) is 11.3 Å². The summed E-state index contributed by atoms with van der Waals surface area (Å²) in [7, 11) is 1.76. The minimum atomic E-state index is -0.368. The molecule has 1 saturated carbocycles. The molecule has 3 aliphatic rings. The van der Waals surface area contributed by atoms with Gasteiger partial charge in [-0.05, 0) is 44.0 Å². The van der Waals surface area contributed by atoms with Gasteiger partial charge in [-0.1, -0.05) is 6.07 Å². The van der Waals surface area contributed by atoms with E-state index in [-0.39, 0.29) is 28.3 Å². The van der Waals surface area contributed by atoms with E-state index in [0.717, 1.165) is 30.7 Å². The van der Waals surface area contributed by atoms with E-state index in [1.165, 1.54) is 12.8 Å². The van der Waals surface area contributed by atoms with Crippen LogP contribution in [0.4, 0.5) is 10.1 Å². The van der Waals surface area contributed by atoms with Crippen molar-refractivity contribution in [3.8, 4) is 0 Å². The Balaban J connectivity index is 1.53. The average molecular weight is 420 g/mol. The molecule has 2 aromatic rings. The van der Waals surface area contributed by atoms with Crippen LogP contribution < -0.4 is 15.5 Å². The van der Waals surface area contributed by atoms with Crippen molar-refractivity contribution >= 4 is 27.9 Å². The van der Waals surface area contributed by atoms with E-state index in [4.69, 9.17) is 5.41 Å². The van der Waals surface area contributed by atoms with E-state index < -0.39 is 0 Å². The van der Waals surface area contributed by atoms with Crippen LogP contribution in [-0.2, 0) is 0 Å². The van der Waals surface area contributed by atoms with Crippen LogP contribution in [0.2, 0.25) is 0 Å². The minimum Gasteiger partial charge on any atom is -0.507 e. The molecule has 6 nitrogen and oxygen atoms in total. The fourth-order valence-electron chi connectivity index (χ4n) is 4.47. The van der Waals surface area contributed by atoms with Gasteiger partial charge < -0.3 is 20.6 Å². The fraction of sp³-hybridized carbons (Fsp3) is 0.333. The smallest absolute Gasteiger partial charge is 0.151 e. The molecule has 0 atom stereocenters. The van der Waals surface area contributed by atoms with Crippen molar-refractivity contribution in [2.45, 2.75) is 25.3 Å². The maximum Gasteiger partial charge on any atom is 0.151 e. The van der Waals surface area contributed by atoms with Crippen LogP contribution in [0.5, 0.6) is 0 Å². The molecule has 0 radical (unpaired) electrons. The first kappa shape index (κ1) is 19.8. The van der Waals surface area contributed by atoms with Crippen LogP contribution >= 0.6 is 0 Å². The van der Waals surface area contributed by atoms with Crippen LogP contribution in [0.25, 0.3) is 16.5 Å². The zero-order valence-electron chi connectivity index (χ0n) is 17.7. The standard InChI is InChI=1S/C24H26FN5O/c1-14-21(26)16(12-27-2)10-18(23(14)31)20-4-3-15-9-17(11-19(25)22(15)29-20)30-8-7-28-24(13-30)5-6-24/h3-4,9-12,26-28,31H,5-8,13H2,1-2H3/b16-12-,26-21?. The number of aliphatic hydroxyl groups excluding tert-OH is 1. The number of anilines is 1. The largest absolute Gasteiger partial charge is 0.507 e. The third-order valence-electron chi connectivity index (χ3n) is 6.47. The zero-order chi connectivity index (χ0) is 21.8. The zero-order valence-corrected chi connectivity index (χ0v) is 17.7. The monoisotopic (exact) mass is 419 g/mol. The molecule has 7 heteroatoms. The number of aromatic nitrogens is 1. The highest BCUT2D eigenvalue weighted by Gasteiger charge is 2.45. The molecule has 2 heterocycles. The molecule has 31 heavy (non-hydrogen) atoms. The van der Waals surface area contributed by atoms with E-state index in [1.807, 2.05) is 12.1 Å². The molecule has 2 aliphatic carbocycles. The summed E-state index contributed by atoms with van der Waals surface area (Å²) in [6.07, 6.45) is 5.76. The average Bonchev–Trinajstić information content (AvgIpc) is 3.52.